The molecule has 0 bridgehead atoms. The summed E-state index contributed by atoms with van der Waals surface area (Å²) in [4.78, 5) is 14.0. The van der Waals surface area contributed by atoms with Crippen molar-refractivity contribution >= 4 is 5.78 Å². The quantitative estimate of drug-likeness (QED) is 0.561. The average Bonchev–Trinajstić information content (AvgIpc) is 2.42. The lowest BCUT2D eigenvalue weighted by Gasteiger charge is -2.31. The zero-order valence-electron chi connectivity index (χ0n) is 8.31. The molecule has 1 aliphatic heterocycles. The topological polar surface area (TPSA) is 20.3 Å². The molecule has 0 spiro atoms. The minimum absolute atomic E-state index is 0.416. The molecule has 0 aromatic rings. The second kappa shape index (κ2) is 2.17. The van der Waals surface area contributed by atoms with Gasteiger partial charge in [0.2, 0.25) is 0 Å². The Morgan fingerprint density at radius 3 is 2.23 bits per heavy atom. The first-order valence-electron chi connectivity index (χ1n) is 5.36. The molecule has 0 aromatic heterocycles. The van der Waals surface area contributed by atoms with Gasteiger partial charge in [-0.2, -0.15) is 0 Å². The van der Waals surface area contributed by atoms with Gasteiger partial charge in [0.05, 0.1) is 0 Å². The van der Waals surface area contributed by atoms with Crippen molar-refractivity contribution in [2.24, 2.45) is 10.8 Å². The van der Waals surface area contributed by atoms with Crippen LogP contribution in [0.3, 0.4) is 0 Å². The first-order chi connectivity index (χ1) is 6.16. The van der Waals surface area contributed by atoms with Gasteiger partial charge in [0.1, 0.15) is 5.78 Å². The standard InChI is InChI=1S/C11H17NO/c1-12-7-10-3-2-4-11(10,8-12)6-9(13)5-10/h2-8H2,1H3. The molecular formula is C11H17NO. The van der Waals surface area contributed by atoms with Crippen LogP contribution in [0.2, 0.25) is 0 Å². The molecule has 1 heterocycles. The highest BCUT2D eigenvalue weighted by Gasteiger charge is 2.64. The van der Waals surface area contributed by atoms with Gasteiger partial charge in [-0.3, -0.25) is 4.79 Å². The summed E-state index contributed by atoms with van der Waals surface area (Å²) in [6.07, 6.45) is 5.75. The number of nitrogens with zero attached hydrogens (tertiary/aromatic N) is 1. The van der Waals surface area contributed by atoms with Crippen molar-refractivity contribution in [1.82, 2.24) is 4.90 Å². The van der Waals surface area contributed by atoms with Crippen LogP contribution in [0.25, 0.3) is 0 Å². The molecule has 13 heavy (non-hydrogen) atoms. The third-order valence-electron chi connectivity index (χ3n) is 4.65. The van der Waals surface area contributed by atoms with E-state index in [2.05, 4.69) is 11.9 Å². The summed E-state index contributed by atoms with van der Waals surface area (Å²) in [6.45, 7) is 2.36. The summed E-state index contributed by atoms with van der Waals surface area (Å²) in [5.74, 6) is 0.535. The summed E-state index contributed by atoms with van der Waals surface area (Å²) < 4.78 is 0. The Kier molecular flexibility index (Phi) is 1.33. The van der Waals surface area contributed by atoms with Gasteiger partial charge >= 0.3 is 0 Å². The van der Waals surface area contributed by atoms with E-state index >= 15 is 0 Å². The monoisotopic (exact) mass is 179 g/mol. The maximum atomic E-state index is 11.5. The largest absolute Gasteiger partial charge is 0.305 e. The summed E-state index contributed by atoms with van der Waals surface area (Å²) in [5, 5.41) is 0. The number of hydrogen-bond acceptors (Lipinski definition) is 2. The van der Waals surface area contributed by atoms with Crippen LogP contribution < -0.4 is 0 Å². The fraction of sp³-hybridized carbons (Fsp3) is 0.909. The Morgan fingerprint density at radius 1 is 1.15 bits per heavy atom. The lowest BCUT2D eigenvalue weighted by Crippen LogP contribution is -2.30. The lowest BCUT2D eigenvalue weighted by molar-refractivity contribution is -0.118. The zero-order valence-corrected chi connectivity index (χ0v) is 8.31. The maximum Gasteiger partial charge on any atom is 0.134 e. The van der Waals surface area contributed by atoms with E-state index in [-0.39, 0.29) is 0 Å². The van der Waals surface area contributed by atoms with Crippen LogP contribution in [0.4, 0.5) is 0 Å². The first-order valence-corrected chi connectivity index (χ1v) is 5.36. The molecular weight excluding hydrogens is 162 g/mol. The van der Waals surface area contributed by atoms with Crippen molar-refractivity contribution in [3.8, 4) is 0 Å². The van der Waals surface area contributed by atoms with E-state index in [1.807, 2.05) is 0 Å². The summed E-state index contributed by atoms with van der Waals surface area (Å²) >= 11 is 0. The molecule has 2 nitrogen and oxygen atoms in total. The van der Waals surface area contributed by atoms with Crippen LogP contribution in [0.5, 0.6) is 0 Å². The van der Waals surface area contributed by atoms with Gasteiger partial charge in [-0.25, -0.2) is 0 Å². The molecule has 2 atom stereocenters. The average molecular weight is 179 g/mol. The van der Waals surface area contributed by atoms with Crippen molar-refractivity contribution in [2.45, 2.75) is 32.1 Å². The van der Waals surface area contributed by atoms with Gasteiger partial charge in [-0.1, -0.05) is 6.42 Å². The lowest BCUT2D eigenvalue weighted by atomic mass is 9.71. The molecule has 3 fully saturated rings. The number of Topliss-reactive ketones (excluding diaryl/α,β-unsaturated/α-hetero) is 1. The van der Waals surface area contributed by atoms with Gasteiger partial charge in [0.25, 0.3) is 0 Å². The van der Waals surface area contributed by atoms with E-state index in [0.29, 0.717) is 16.6 Å². The fourth-order valence-electron chi connectivity index (χ4n) is 4.36. The third-order valence-corrected chi connectivity index (χ3v) is 4.65. The minimum atomic E-state index is 0.416. The number of ketones is 1. The van der Waals surface area contributed by atoms with Gasteiger partial charge < -0.3 is 4.90 Å². The molecule has 0 aromatic carbocycles. The molecule has 1 saturated heterocycles. The molecule has 2 heteroatoms. The number of hydrogen-bond donors (Lipinski definition) is 0. The maximum absolute atomic E-state index is 11.5. The molecule has 3 rings (SSSR count). The second-order valence-electron chi connectivity index (χ2n) is 5.48. The van der Waals surface area contributed by atoms with Crippen LogP contribution in [-0.2, 0) is 4.79 Å². The fourth-order valence-corrected chi connectivity index (χ4v) is 4.36. The molecule has 2 unspecified atom stereocenters. The molecule has 3 aliphatic rings. The van der Waals surface area contributed by atoms with Gasteiger partial charge in [0, 0.05) is 25.9 Å². The van der Waals surface area contributed by atoms with Crippen LogP contribution in [0.1, 0.15) is 32.1 Å². The molecule has 0 radical (unpaired) electrons. The Bertz CT molecular complexity index is 251. The SMILES string of the molecule is CN1CC23CCCC2(CC(=O)C3)C1. The van der Waals surface area contributed by atoms with E-state index in [9.17, 15) is 4.79 Å². The van der Waals surface area contributed by atoms with E-state index in [4.69, 9.17) is 0 Å². The van der Waals surface area contributed by atoms with Crippen LogP contribution in [0.15, 0.2) is 0 Å². The molecule has 2 saturated carbocycles. The Morgan fingerprint density at radius 2 is 1.69 bits per heavy atom. The van der Waals surface area contributed by atoms with E-state index < -0.39 is 0 Å². The Balaban J connectivity index is 2.04. The zero-order chi connectivity index (χ0) is 9.10. The van der Waals surface area contributed by atoms with Crippen molar-refractivity contribution in [2.75, 3.05) is 20.1 Å². The number of likely N-dealkylation sites (tertiary alicyclic amines) is 1. The molecule has 72 valence electrons. The van der Waals surface area contributed by atoms with Crippen molar-refractivity contribution in [3.63, 3.8) is 0 Å². The second-order valence-corrected chi connectivity index (χ2v) is 5.48. The Hall–Kier alpha value is -0.370. The minimum Gasteiger partial charge on any atom is -0.305 e. The van der Waals surface area contributed by atoms with Crippen molar-refractivity contribution < 1.29 is 4.79 Å². The van der Waals surface area contributed by atoms with Gasteiger partial charge in [-0.05, 0) is 30.7 Å². The van der Waals surface area contributed by atoms with Crippen LogP contribution in [0, 0.1) is 10.8 Å². The number of carbonyl (C=O) groups is 1. The highest BCUT2D eigenvalue weighted by Crippen LogP contribution is 2.65. The van der Waals surface area contributed by atoms with Crippen molar-refractivity contribution in [1.29, 1.82) is 0 Å². The number of rotatable bonds is 0. The predicted octanol–water partition coefficient (Wildman–Crippen LogP) is 1.45. The van der Waals surface area contributed by atoms with E-state index in [1.54, 1.807) is 0 Å². The smallest absolute Gasteiger partial charge is 0.134 e. The van der Waals surface area contributed by atoms with Crippen molar-refractivity contribution in [3.05, 3.63) is 0 Å². The summed E-state index contributed by atoms with van der Waals surface area (Å²) in [5.41, 5.74) is 0.831. The van der Waals surface area contributed by atoms with E-state index in [1.165, 1.54) is 32.4 Å². The first kappa shape index (κ1) is 7.98. The summed E-state index contributed by atoms with van der Waals surface area (Å²) in [6, 6.07) is 0. The van der Waals surface area contributed by atoms with Gasteiger partial charge in [0.15, 0.2) is 0 Å². The van der Waals surface area contributed by atoms with Crippen LogP contribution in [-0.4, -0.2) is 30.8 Å². The molecule has 2 aliphatic carbocycles. The molecule has 0 N–H and O–H groups in total. The predicted molar refractivity (Wildman–Crippen MR) is 50.5 cm³/mol. The number of carbonyl (C=O) groups excluding carboxylic acids is 1. The third kappa shape index (κ3) is 0.804. The summed E-state index contributed by atoms with van der Waals surface area (Å²) in [7, 11) is 2.21. The van der Waals surface area contributed by atoms with Gasteiger partial charge in [-0.15, -0.1) is 0 Å². The normalized spacial score (nSPS) is 49.8. The van der Waals surface area contributed by atoms with Crippen LogP contribution >= 0.6 is 0 Å². The molecule has 0 amide bonds. The highest BCUT2D eigenvalue weighted by molar-refractivity contribution is 5.83. The van der Waals surface area contributed by atoms with E-state index in [0.717, 1.165) is 12.8 Å². The Labute approximate surface area is 79.3 Å². The highest BCUT2D eigenvalue weighted by atomic mass is 16.1.